The third-order valence-corrected chi connectivity index (χ3v) is 7.49. The molecule has 4 rings (SSSR count). The van der Waals surface area contributed by atoms with E-state index in [-0.39, 0.29) is 23.8 Å². The van der Waals surface area contributed by atoms with Crippen LogP contribution in [0.25, 0.3) is 0 Å². The summed E-state index contributed by atoms with van der Waals surface area (Å²) in [7, 11) is 0. The highest BCUT2D eigenvalue weighted by Gasteiger charge is 2.26. The molecule has 1 aliphatic carbocycles. The number of rotatable bonds is 8. The van der Waals surface area contributed by atoms with Gasteiger partial charge in [-0.25, -0.2) is 0 Å². The van der Waals surface area contributed by atoms with Gasteiger partial charge in [-0.3, -0.25) is 14.5 Å². The molecule has 2 aromatic carbocycles. The largest absolute Gasteiger partial charge is 0.339 e. The molecule has 6 heteroatoms. The van der Waals surface area contributed by atoms with Gasteiger partial charge in [-0.1, -0.05) is 43.5 Å². The molecule has 2 aliphatic rings. The quantitative estimate of drug-likeness (QED) is 0.581. The van der Waals surface area contributed by atoms with E-state index in [2.05, 4.69) is 39.8 Å². The molecule has 1 atom stereocenters. The summed E-state index contributed by atoms with van der Waals surface area (Å²) in [6, 6.07) is 16.5. The van der Waals surface area contributed by atoms with Gasteiger partial charge in [0, 0.05) is 56.4 Å². The minimum Gasteiger partial charge on any atom is -0.339 e. The molecule has 6 nitrogen and oxygen atoms in total. The number of carbonyl (C=O) groups is 2. The fourth-order valence-electron chi connectivity index (χ4n) is 5.45. The Morgan fingerprint density at radius 3 is 2.31 bits per heavy atom. The lowest BCUT2D eigenvalue weighted by Crippen LogP contribution is -2.45. The van der Waals surface area contributed by atoms with Gasteiger partial charge in [0.1, 0.15) is 0 Å². The second-order valence-electron chi connectivity index (χ2n) is 9.74. The van der Waals surface area contributed by atoms with Crippen LogP contribution in [0, 0.1) is 5.92 Å². The fraction of sp³-hybridized carbons (Fsp3) is 0.517. The number of hydrogen-bond donors (Lipinski definition) is 2. The summed E-state index contributed by atoms with van der Waals surface area (Å²) < 4.78 is 0. The summed E-state index contributed by atoms with van der Waals surface area (Å²) in [5.41, 5.74) is 3.92. The van der Waals surface area contributed by atoms with Crippen molar-refractivity contribution in [1.82, 2.24) is 15.1 Å². The van der Waals surface area contributed by atoms with E-state index in [4.69, 9.17) is 0 Å². The highest BCUT2D eigenvalue weighted by molar-refractivity contribution is 5.94. The molecule has 188 valence electrons. The molecule has 0 aromatic heterocycles. The molecule has 2 N–H and O–H groups in total. The summed E-state index contributed by atoms with van der Waals surface area (Å²) in [4.78, 5) is 30.0. The van der Waals surface area contributed by atoms with Crippen LogP contribution in [0.2, 0.25) is 0 Å². The molecule has 2 fully saturated rings. The van der Waals surface area contributed by atoms with Crippen molar-refractivity contribution in [3.05, 3.63) is 65.2 Å². The molecule has 1 saturated heterocycles. The van der Waals surface area contributed by atoms with E-state index in [1.54, 1.807) is 0 Å². The van der Waals surface area contributed by atoms with Crippen LogP contribution >= 0.6 is 0 Å². The molecular weight excluding hydrogens is 436 g/mol. The maximum atomic E-state index is 12.9. The maximum Gasteiger partial charge on any atom is 0.253 e. The first-order chi connectivity index (χ1) is 17.1. The van der Waals surface area contributed by atoms with Crippen LogP contribution in [0.1, 0.15) is 73.5 Å². The van der Waals surface area contributed by atoms with Crippen molar-refractivity contribution in [2.24, 2.45) is 5.92 Å². The number of piperazine rings is 1. The Labute approximate surface area is 210 Å². The minimum atomic E-state index is 0.0706. The van der Waals surface area contributed by atoms with Gasteiger partial charge in [-0.2, -0.15) is 0 Å². The van der Waals surface area contributed by atoms with Gasteiger partial charge < -0.3 is 15.5 Å². The standard InChI is InChI=1S/C29H40N4O2/c1-3-32(4-2)29(35)24-15-13-22(14-16-24)27(33-19-17-30-18-20-33)25-11-8-12-26(21-25)31-28(34)23-9-6-5-7-10-23/h8,11-16,21,23,27,30H,3-7,9-10,17-20H2,1-2H3,(H,31,34)/t27-/m0/s1. The summed E-state index contributed by atoms with van der Waals surface area (Å²) >= 11 is 0. The second-order valence-corrected chi connectivity index (χ2v) is 9.74. The summed E-state index contributed by atoms with van der Waals surface area (Å²) in [5, 5.41) is 6.64. The number of carbonyl (C=O) groups excluding carboxylic acids is 2. The lowest BCUT2D eigenvalue weighted by Gasteiger charge is -2.36. The highest BCUT2D eigenvalue weighted by Crippen LogP contribution is 2.32. The van der Waals surface area contributed by atoms with Gasteiger partial charge in [0.15, 0.2) is 0 Å². The first-order valence-electron chi connectivity index (χ1n) is 13.4. The number of anilines is 1. The lowest BCUT2D eigenvalue weighted by molar-refractivity contribution is -0.120. The average molecular weight is 477 g/mol. The maximum absolute atomic E-state index is 12.9. The molecule has 35 heavy (non-hydrogen) atoms. The Hall–Kier alpha value is -2.70. The van der Waals surface area contributed by atoms with Crippen LogP contribution in [-0.2, 0) is 4.79 Å². The van der Waals surface area contributed by atoms with Gasteiger partial charge in [0.05, 0.1) is 6.04 Å². The first-order valence-corrected chi connectivity index (χ1v) is 13.4. The summed E-state index contributed by atoms with van der Waals surface area (Å²) in [6.45, 7) is 9.24. The van der Waals surface area contributed by atoms with E-state index >= 15 is 0 Å². The molecule has 0 unspecified atom stereocenters. The van der Waals surface area contributed by atoms with Crippen molar-refractivity contribution in [3.63, 3.8) is 0 Å². The van der Waals surface area contributed by atoms with Crippen LogP contribution in [0.5, 0.6) is 0 Å². The molecular formula is C29H40N4O2. The van der Waals surface area contributed by atoms with Crippen molar-refractivity contribution in [2.75, 3.05) is 44.6 Å². The number of benzene rings is 2. The number of nitrogens with zero attached hydrogens (tertiary/aromatic N) is 2. The normalized spacial score (nSPS) is 18.1. The monoisotopic (exact) mass is 476 g/mol. The van der Waals surface area contributed by atoms with Crippen LogP contribution in [0.3, 0.4) is 0 Å². The van der Waals surface area contributed by atoms with Gasteiger partial charge in [0.2, 0.25) is 5.91 Å². The lowest BCUT2D eigenvalue weighted by atomic mass is 9.88. The smallest absolute Gasteiger partial charge is 0.253 e. The van der Waals surface area contributed by atoms with E-state index in [9.17, 15) is 9.59 Å². The van der Waals surface area contributed by atoms with Crippen LogP contribution in [-0.4, -0.2) is 60.9 Å². The van der Waals surface area contributed by atoms with Gasteiger partial charge in [0.25, 0.3) is 5.91 Å². The first kappa shape index (κ1) is 25.4. The van der Waals surface area contributed by atoms with Gasteiger partial charge >= 0.3 is 0 Å². The third kappa shape index (κ3) is 6.30. The molecule has 2 aromatic rings. The van der Waals surface area contributed by atoms with Crippen molar-refractivity contribution in [3.8, 4) is 0 Å². The highest BCUT2D eigenvalue weighted by atomic mass is 16.2. The minimum absolute atomic E-state index is 0.0706. The Bertz CT molecular complexity index is 974. The van der Waals surface area contributed by atoms with Crippen molar-refractivity contribution in [2.45, 2.75) is 52.0 Å². The fourth-order valence-corrected chi connectivity index (χ4v) is 5.45. The zero-order valence-electron chi connectivity index (χ0n) is 21.3. The summed E-state index contributed by atoms with van der Waals surface area (Å²) in [5.74, 6) is 0.361. The van der Waals surface area contributed by atoms with Crippen molar-refractivity contribution >= 4 is 17.5 Å². The Kier molecular flexibility index (Phi) is 8.94. The van der Waals surface area contributed by atoms with Crippen LogP contribution in [0.15, 0.2) is 48.5 Å². The Morgan fingerprint density at radius 2 is 1.66 bits per heavy atom. The van der Waals surface area contributed by atoms with E-state index in [1.165, 1.54) is 12.0 Å². The van der Waals surface area contributed by atoms with Gasteiger partial charge in [-0.15, -0.1) is 0 Å². The molecule has 0 bridgehead atoms. The van der Waals surface area contributed by atoms with Crippen LogP contribution < -0.4 is 10.6 Å². The van der Waals surface area contributed by atoms with E-state index in [0.717, 1.165) is 68.7 Å². The van der Waals surface area contributed by atoms with Crippen molar-refractivity contribution in [1.29, 1.82) is 0 Å². The Morgan fingerprint density at radius 1 is 0.971 bits per heavy atom. The average Bonchev–Trinajstić information content (AvgIpc) is 2.91. The molecule has 1 heterocycles. The number of nitrogens with one attached hydrogen (secondary N) is 2. The van der Waals surface area contributed by atoms with E-state index in [0.29, 0.717) is 13.1 Å². The molecule has 2 amide bonds. The van der Waals surface area contributed by atoms with Crippen molar-refractivity contribution < 1.29 is 9.59 Å². The molecule has 1 saturated carbocycles. The molecule has 0 radical (unpaired) electrons. The topological polar surface area (TPSA) is 64.7 Å². The predicted octanol–water partition coefficient (Wildman–Crippen LogP) is 4.68. The SMILES string of the molecule is CCN(CC)C(=O)c1ccc([C@@H](c2cccc(NC(=O)C3CCCCC3)c2)N2CCNCC2)cc1. The van der Waals surface area contributed by atoms with Crippen LogP contribution in [0.4, 0.5) is 5.69 Å². The zero-order valence-corrected chi connectivity index (χ0v) is 21.3. The molecule has 1 aliphatic heterocycles. The van der Waals surface area contributed by atoms with Gasteiger partial charge in [-0.05, 0) is 62.1 Å². The summed E-state index contributed by atoms with van der Waals surface area (Å²) in [6.07, 6.45) is 5.53. The zero-order chi connectivity index (χ0) is 24.6. The Balaban J connectivity index is 1.58. The number of hydrogen-bond acceptors (Lipinski definition) is 4. The number of amides is 2. The van der Waals surface area contributed by atoms with E-state index in [1.807, 2.05) is 43.0 Å². The van der Waals surface area contributed by atoms with E-state index < -0.39 is 0 Å². The predicted molar refractivity (Wildman–Crippen MR) is 142 cm³/mol. The molecule has 0 spiro atoms. The third-order valence-electron chi connectivity index (χ3n) is 7.49. The second kappa shape index (κ2) is 12.3.